The zero-order chi connectivity index (χ0) is 16.4. The van der Waals surface area contributed by atoms with Gasteiger partial charge in [0, 0.05) is 31.9 Å². The normalized spacial score (nSPS) is 20.3. The predicted molar refractivity (Wildman–Crippen MR) is 88.0 cm³/mol. The smallest absolute Gasteiger partial charge is 0.320 e. The Balaban J connectivity index is 1.63. The first-order chi connectivity index (χ1) is 10.9. The summed E-state index contributed by atoms with van der Waals surface area (Å²) >= 11 is 0. The van der Waals surface area contributed by atoms with Gasteiger partial charge in [0.05, 0.1) is 4.90 Å². The van der Waals surface area contributed by atoms with Crippen molar-refractivity contribution in [3.63, 3.8) is 0 Å². The van der Waals surface area contributed by atoms with Crippen LogP contribution < -0.4 is 5.32 Å². The number of amides is 2. The quantitative estimate of drug-likeness (QED) is 0.893. The molecule has 1 N–H and O–H groups in total. The van der Waals surface area contributed by atoms with Gasteiger partial charge in [-0.15, -0.1) is 0 Å². The summed E-state index contributed by atoms with van der Waals surface area (Å²) in [4.78, 5) is 16.7. The summed E-state index contributed by atoms with van der Waals surface area (Å²) in [7, 11) is -3.18. The molecule has 7 heteroatoms. The van der Waals surface area contributed by atoms with Crippen molar-refractivity contribution in [2.24, 2.45) is 0 Å². The first-order valence-electron chi connectivity index (χ1n) is 8.00. The van der Waals surface area contributed by atoms with Gasteiger partial charge in [-0.05, 0) is 43.6 Å². The average molecular weight is 337 g/mol. The summed E-state index contributed by atoms with van der Waals surface area (Å²) in [6.45, 7) is 3.99. The number of hydrogen-bond donors (Lipinski definition) is 1. The summed E-state index contributed by atoms with van der Waals surface area (Å²) < 4.78 is 23.0. The summed E-state index contributed by atoms with van der Waals surface area (Å²) in [6.07, 6.45) is 3.23. The third kappa shape index (κ3) is 3.67. The van der Waals surface area contributed by atoms with E-state index in [-0.39, 0.29) is 6.03 Å². The van der Waals surface area contributed by atoms with Crippen LogP contribution in [0.25, 0.3) is 0 Å². The molecule has 0 bridgehead atoms. The Morgan fingerprint density at radius 3 is 2.39 bits per heavy atom. The Hall–Kier alpha value is -1.60. The molecule has 0 aliphatic carbocycles. The number of hydrogen-bond acceptors (Lipinski definition) is 4. The van der Waals surface area contributed by atoms with Gasteiger partial charge in [-0.2, -0.15) is 0 Å². The zero-order valence-electron chi connectivity index (χ0n) is 13.4. The molecule has 0 aromatic heterocycles. The van der Waals surface area contributed by atoms with Crippen molar-refractivity contribution < 1.29 is 13.2 Å². The number of rotatable bonds is 4. The molecule has 23 heavy (non-hydrogen) atoms. The maximum absolute atomic E-state index is 12.6. The molecule has 6 nitrogen and oxygen atoms in total. The fourth-order valence-corrected chi connectivity index (χ4v) is 3.90. The monoisotopic (exact) mass is 337 g/mol. The van der Waals surface area contributed by atoms with Gasteiger partial charge in [0.2, 0.25) is 0 Å². The number of carbonyl (C=O) groups is 1. The van der Waals surface area contributed by atoms with Crippen LogP contribution in [0, 0.1) is 0 Å². The number of carbonyl (C=O) groups excluding carboxylic acids is 1. The van der Waals surface area contributed by atoms with Crippen molar-refractivity contribution in [2.75, 3.05) is 32.4 Å². The predicted octanol–water partition coefficient (Wildman–Crippen LogP) is 1.08. The summed E-state index contributed by atoms with van der Waals surface area (Å²) in [5.41, 5.74) is 0.956. The van der Waals surface area contributed by atoms with Crippen LogP contribution in [0.4, 0.5) is 4.79 Å². The Morgan fingerprint density at radius 1 is 1.13 bits per heavy atom. The minimum Gasteiger partial charge on any atom is -0.320 e. The Bertz CT molecular complexity index is 666. The van der Waals surface area contributed by atoms with E-state index in [0.717, 1.165) is 44.6 Å². The first-order valence-corrected chi connectivity index (χ1v) is 9.89. The van der Waals surface area contributed by atoms with Crippen LogP contribution in [0.1, 0.15) is 18.4 Å². The number of nitrogens with one attached hydrogen (secondary N) is 1. The molecule has 2 fully saturated rings. The lowest BCUT2D eigenvalue weighted by Gasteiger charge is -2.31. The van der Waals surface area contributed by atoms with Crippen molar-refractivity contribution >= 4 is 15.9 Å². The largest absolute Gasteiger partial charge is 0.320 e. The summed E-state index contributed by atoms with van der Waals surface area (Å²) in [6, 6.07) is 7.24. The Morgan fingerprint density at radius 2 is 1.78 bits per heavy atom. The van der Waals surface area contributed by atoms with Gasteiger partial charge in [0.15, 0.2) is 9.84 Å². The van der Waals surface area contributed by atoms with E-state index in [2.05, 4.69) is 5.32 Å². The van der Waals surface area contributed by atoms with Crippen LogP contribution in [0.15, 0.2) is 29.2 Å². The topological polar surface area (TPSA) is 69.7 Å². The molecule has 0 spiro atoms. The van der Waals surface area contributed by atoms with Crippen LogP contribution in [0.2, 0.25) is 0 Å². The van der Waals surface area contributed by atoms with Crippen LogP contribution >= 0.6 is 0 Å². The van der Waals surface area contributed by atoms with Gasteiger partial charge >= 0.3 is 6.03 Å². The van der Waals surface area contributed by atoms with Crippen LogP contribution in [0.3, 0.4) is 0 Å². The molecule has 2 heterocycles. The molecule has 2 aliphatic heterocycles. The van der Waals surface area contributed by atoms with Crippen molar-refractivity contribution in [2.45, 2.75) is 30.3 Å². The van der Waals surface area contributed by atoms with Crippen LogP contribution in [-0.2, 0) is 16.4 Å². The van der Waals surface area contributed by atoms with Crippen LogP contribution in [-0.4, -0.2) is 62.7 Å². The minimum absolute atomic E-state index is 0.101. The van der Waals surface area contributed by atoms with Gasteiger partial charge in [0.25, 0.3) is 0 Å². The second kappa shape index (κ2) is 6.49. The molecule has 1 aromatic rings. The molecule has 2 amide bonds. The van der Waals surface area contributed by atoms with Crippen LogP contribution in [0.5, 0.6) is 0 Å². The average Bonchev–Trinajstić information content (AvgIpc) is 2.89. The van der Waals surface area contributed by atoms with E-state index in [1.807, 2.05) is 9.80 Å². The second-order valence-electron chi connectivity index (χ2n) is 6.29. The molecule has 0 radical (unpaired) electrons. The van der Waals surface area contributed by atoms with E-state index in [1.54, 1.807) is 24.3 Å². The second-order valence-corrected chi connectivity index (χ2v) is 8.31. The fourth-order valence-electron chi connectivity index (χ4n) is 3.27. The van der Waals surface area contributed by atoms with Gasteiger partial charge in [-0.3, -0.25) is 0 Å². The minimum atomic E-state index is -3.18. The standard InChI is InChI=1S/C16H23N3O3S/c1-23(21,22)15-4-2-13(3-5-15)12-18-10-11-19(16(18)20)14-6-8-17-9-7-14/h2-5,14,17H,6-12H2,1H3. The lowest BCUT2D eigenvalue weighted by atomic mass is 10.1. The highest BCUT2D eigenvalue weighted by atomic mass is 32.2. The third-order valence-corrected chi connectivity index (χ3v) is 5.73. The molecule has 3 rings (SSSR count). The van der Waals surface area contributed by atoms with E-state index in [0.29, 0.717) is 17.5 Å². The highest BCUT2D eigenvalue weighted by molar-refractivity contribution is 7.90. The third-order valence-electron chi connectivity index (χ3n) is 4.60. The molecule has 2 aliphatic rings. The van der Waals surface area contributed by atoms with E-state index < -0.39 is 9.84 Å². The highest BCUT2D eigenvalue weighted by Gasteiger charge is 2.33. The summed E-state index contributed by atoms with van der Waals surface area (Å²) in [5.74, 6) is 0. The highest BCUT2D eigenvalue weighted by Crippen LogP contribution is 2.21. The SMILES string of the molecule is CS(=O)(=O)c1ccc(CN2CCN(C3CCNCC3)C2=O)cc1. The van der Waals surface area contributed by atoms with E-state index in [4.69, 9.17) is 0 Å². The molecular formula is C16H23N3O3S. The molecule has 0 saturated carbocycles. The van der Waals surface area contributed by atoms with Gasteiger partial charge in [0.1, 0.15) is 0 Å². The number of sulfone groups is 1. The number of benzene rings is 1. The molecule has 0 atom stereocenters. The summed E-state index contributed by atoms with van der Waals surface area (Å²) in [5, 5.41) is 3.32. The fraction of sp³-hybridized carbons (Fsp3) is 0.562. The van der Waals surface area contributed by atoms with Crippen molar-refractivity contribution in [3.8, 4) is 0 Å². The van der Waals surface area contributed by atoms with E-state index in [1.165, 1.54) is 6.26 Å². The number of piperidine rings is 1. The maximum Gasteiger partial charge on any atom is 0.320 e. The van der Waals surface area contributed by atoms with Gasteiger partial charge in [-0.25, -0.2) is 13.2 Å². The van der Waals surface area contributed by atoms with Crippen molar-refractivity contribution in [1.82, 2.24) is 15.1 Å². The molecule has 0 unspecified atom stereocenters. The van der Waals surface area contributed by atoms with E-state index >= 15 is 0 Å². The van der Waals surface area contributed by atoms with Crippen molar-refractivity contribution in [3.05, 3.63) is 29.8 Å². The molecule has 2 saturated heterocycles. The van der Waals surface area contributed by atoms with Gasteiger partial charge in [-0.1, -0.05) is 12.1 Å². The number of nitrogens with zero attached hydrogens (tertiary/aromatic N) is 2. The molecule has 126 valence electrons. The van der Waals surface area contributed by atoms with Crippen molar-refractivity contribution in [1.29, 1.82) is 0 Å². The Labute approximate surface area is 137 Å². The zero-order valence-corrected chi connectivity index (χ0v) is 14.2. The van der Waals surface area contributed by atoms with E-state index in [9.17, 15) is 13.2 Å². The first kappa shape index (κ1) is 16.3. The Kier molecular flexibility index (Phi) is 4.59. The molecule has 1 aromatic carbocycles. The molecular weight excluding hydrogens is 314 g/mol. The lowest BCUT2D eigenvalue weighted by Crippen LogP contribution is -2.45. The van der Waals surface area contributed by atoms with Gasteiger partial charge < -0.3 is 15.1 Å². The lowest BCUT2D eigenvalue weighted by molar-refractivity contribution is 0.165. The number of urea groups is 1. The maximum atomic E-state index is 12.6.